The molecule has 0 saturated carbocycles. The third kappa shape index (κ3) is 5.28. The van der Waals surface area contributed by atoms with Gasteiger partial charge in [-0.2, -0.15) is 0 Å². The van der Waals surface area contributed by atoms with E-state index in [2.05, 4.69) is 5.32 Å². The largest absolute Gasteiger partial charge is 0.480 e. The number of hydrogen-bond acceptors (Lipinski definition) is 3. The monoisotopic (exact) mass is 317 g/mol. The van der Waals surface area contributed by atoms with Crippen molar-refractivity contribution >= 4 is 17.7 Å². The number of carbonyl (C=O) groups is 1. The Morgan fingerprint density at radius 1 is 1.38 bits per heavy atom. The summed E-state index contributed by atoms with van der Waals surface area (Å²) in [5.74, 6) is -1.96. The molecule has 0 fully saturated rings. The number of rotatable bonds is 7. The van der Waals surface area contributed by atoms with Crippen LogP contribution >= 0.6 is 11.8 Å². The van der Waals surface area contributed by atoms with Crippen LogP contribution in [-0.4, -0.2) is 27.9 Å². The minimum Gasteiger partial charge on any atom is -0.480 e. The van der Waals surface area contributed by atoms with Crippen molar-refractivity contribution in [2.75, 3.05) is 0 Å². The number of carboxylic acid groups (broad SMARTS) is 1. The molecule has 1 aromatic rings. The van der Waals surface area contributed by atoms with Gasteiger partial charge in [-0.15, -0.1) is 11.8 Å². The number of hydrogen-bond donors (Lipinski definition) is 2. The van der Waals surface area contributed by atoms with Crippen molar-refractivity contribution < 1.29 is 18.7 Å². The average Bonchev–Trinajstić information content (AvgIpc) is 2.32. The van der Waals surface area contributed by atoms with Gasteiger partial charge in [-0.1, -0.05) is 6.92 Å². The molecule has 0 aliphatic heterocycles. The lowest BCUT2D eigenvalue weighted by molar-refractivity contribution is -0.144. The summed E-state index contributed by atoms with van der Waals surface area (Å²) >= 11 is 1.14. The first-order valence-corrected chi connectivity index (χ1v) is 7.65. The molecule has 2 unspecified atom stereocenters. The fourth-order valence-corrected chi connectivity index (χ4v) is 3.46. The Morgan fingerprint density at radius 3 is 2.52 bits per heavy atom. The summed E-state index contributed by atoms with van der Waals surface area (Å²) in [6, 6.07) is 3.28. The van der Waals surface area contributed by atoms with E-state index in [-0.39, 0.29) is 16.2 Å². The Morgan fingerprint density at radius 2 is 2.00 bits per heavy atom. The average molecular weight is 317 g/mol. The summed E-state index contributed by atoms with van der Waals surface area (Å²) < 4.78 is 26.8. The quantitative estimate of drug-likeness (QED) is 0.753. The van der Waals surface area contributed by atoms with E-state index in [4.69, 9.17) is 0 Å². The van der Waals surface area contributed by atoms with Gasteiger partial charge in [0, 0.05) is 16.2 Å². The maximum Gasteiger partial charge on any atom is 0.323 e. The highest BCUT2D eigenvalue weighted by Crippen LogP contribution is 2.31. The first-order chi connectivity index (χ1) is 9.64. The summed E-state index contributed by atoms with van der Waals surface area (Å²) in [6.07, 6.45) is 0.293. The van der Waals surface area contributed by atoms with Crippen molar-refractivity contribution in [2.24, 2.45) is 0 Å². The van der Waals surface area contributed by atoms with E-state index in [1.54, 1.807) is 13.8 Å². The second-order valence-electron chi connectivity index (χ2n) is 5.64. The van der Waals surface area contributed by atoms with E-state index in [0.29, 0.717) is 6.42 Å². The molecule has 2 atom stereocenters. The van der Waals surface area contributed by atoms with Crippen LogP contribution in [0.15, 0.2) is 23.1 Å². The van der Waals surface area contributed by atoms with Gasteiger partial charge in [-0.05, 0) is 45.4 Å². The Bertz CT molecular complexity index is 510. The highest BCUT2D eigenvalue weighted by Gasteiger charge is 2.35. The van der Waals surface area contributed by atoms with Crippen molar-refractivity contribution in [2.45, 2.75) is 55.8 Å². The molecule has 0 amide bonds. The lowest BCUT2D eigenvalue weighted by Gasteiger charge is -2.31. The lowest BCUT2D eigenvalue weighted by Crippen LogP contribution is -2.53. The SMILES string of the molecule is CC(C)NC(C)(CC(C)Sc1cc(F)ccc1F)C(=O)O. The second kappa shape index (κ2) is 7.22. The van der Waals surface area contributed by atoms with Crippen LogP contribution < -0.4 is 5.32 Å². The zero-order valence-electron chi connectivity index (χ0n) is 12.6. The Hall–Kier alpha value is -1.14. The molecule has 0 bridgehead atoms. The highest BCUT2D eigenvalue weighted by atomic mass is 32.2. The van der Waals surface area contributed by atoms with E-state index >= 15 is 0 Å². The summed E-state index contributed by atoms with van der Waals surface area (Å²) in [6.45, 7) is 7.14. The molecule has 0 radical (unpaired) electrons. The van der Waals surface area contributed by atoms with E-state index < -0.39 is 23.1 Å². The third-order valence-corrected chi connectivity index (χ3v) is 4.13. The van der Waals surface area contributed by atoms with E-state index in [1.807, 2.05) is 13.8 Å². The molecule has 0 aromatic heterocycles. The van der Waals surface area contributed by atoms with Crippen LogP contribution in [-0.2, 0) is 4.79 Å². The molecule has 21 heavy (non-hydrogen) atoms. The zero-order chi connectivity index (χ0) is 16.2. The van der Waals surface area contributed by atoms with Crippen LogP contribution in [0.2, 0.25) is 0 Å². The van der Waals surface area contributed by atoms with E-state index in [1.165, 1.54) is 0 Å². The minimum absolute atomic E-state index is 0.00852. The van der Waals surface area contributed by atoms with Crippen molar-refractivity contribution in [1.82, 2.24) is 5.32 Å². The topological polar surface area (TPSA) is 49.3 Å². The molecule has 3 nitrogen and oxygen atoms in total. The first-order valence-electron chi connectivity index (χ1n) is 6.77. The van der Waals surface area contributed by atoms with E-state index in [0.717, 1.165) is 30.0 Å². The molecule has 0 saturated heterocycles. The predicted octanol–water partition coefficient (Wildman–Crippen LogP) is 3.68. The Balaban J connectivity index is 2.81. The number of halogens is 2. The molecule has 0 spiro atoms. The molecule has 0 aliphatic carbocycles. The Kier molecular flexibility index (Phi) is 6.16. The van der Waals surface area contributed by atoms with Gasteiger partial charge in [0.15, 0.2) is 0 Å². The van der Waals surface area contributed by atoms with Crippen LogP contribution in [0.4, 0.5) is 8.78 Å². The van der Waals surface area contributed by atoms with Gasteiger partial charge in [0.25, 0.3) is 0 Å². The molecule has 0 heterocycles. The molecule has 6 heteroatoms. The molecule has 0 aliphatic rings. The van der Waals surface area contributed by atoms with Gasteiger partial charge in [0.1, 0.15) is 17.2 Å². The standard InChI is InChI=1S/C15H21F2NO2S/c1-9(2)18-15(4,14(19)20)8-10(3)21-13-7-11(16)5-6-12(13)17/h5-7,9-10,18H,8H2,1-4H3,(H,19,20). The van der Waals surface area contributed by atoms with Crippen molar-refractivity contribution in [1.29, 1.82) is 0 Å². The smallest absolute Gasteiger partial charge is 0.323 e. The van der Waals surface area contributed by atoms with Crippen LogP contribution in [0.1, 0.15) is 34.1 Å². The van der Waals surface area contributed by atoms with Crippen molar-refractivity contribution in [3.05, 3.63) is 29.8 Å². The normalized spacial score (nSPS) is 15.8. The van der Waals surface area contributed by atoms with E-state index in [9.17, 15) is 18.7 Å². The number of nitrogens with one attached hydrogen (secondary N) is 1. The summed E-state index contributed by atoms with van der Waals surface area (Å²) in [5.41, 5.74) is -1.11. The van der Waals surface area contributed by atoms with Crippen LogP contribution in [0, 0.1) is 11.6 Å². The van der Waals surface area contributed by atoms with Gasteiger partial charge >= 0.3 is 5.97 Å². The molecule has 118 valence electrons. The number of benzene rings is 1. The lowest BCUT2D eigenvalue weighted by atomic mass is 9.95. The number of carboxylic acids is 1. The predicted molar refractivity (Wildman–Crippen MR) is 80.6 cm³/mol. The fourth-order valence-electron chi connectivity index (χ4n) is 2.25. The summed E-state index contributed by atoms with van der Waals surface area (Å²) in [4.78, 5) is 11.7. The van der Waals surface area contributed by atoms with Crippen molar-refractivity contribution in [3.63, 3.8) is 0 Å². The first kappa shape index (κ1) is 17.9. The van der Waals surface area contributed by atoms with Crippen LogP contribution in [0.3, 0.4) is 0 Å². The van der Waals surface area contributed by atoms with Crippen molar-refractivity contribution in [3.8, 4) is 0 Å². The van der Waals surface area contributed by atoms with Gasteiger partial charge in [0.05, 0.1) is 0 Å². The van der Waals surface area contributed by atoms with Gasteiger partial charge in [-0.3, -0.25) is 10.1 Å². The zero-order valence-corrected chi connectivity index (χ0v) is 13.4. The van der Waals surface area contributed by atoms with Gasteiger partial charge < -0.3 is 5.11 Å². The molecular formula is C15H21F2NO2S. The number of thioether (sulfide) groups is 1. The Labute approximate surface area is 128 Å². The van der Waals surface area contributed by atoms with Gasteiger partial charge in [-0.25, -0.2) is 8.78 Å². The maximum absolute atomic E-state index is 13.6. The fraction of sp³-hybridized carbons (Fsp3) is 0.533. The number of aliphatic carboxylic acids is 1. The highest BCUT2D eigenvalue weighted by molar-refractivity contribution is 8.00. The maximum atomic E-state index is 13.6. The van der Waals surface area contributed by atoms with Crippen LogP contribution in [0.5, 0.6) is 0 Å². The molecule has 2 N–H and O–H groups in total. The van der Waals surface area contributed by atoms with Gasteiger partial charge in [0.2, 0.25) is 0 Å². The third-order valence-electron chi connectivity index (χ3n) is 3.00. The minimum atomic E-state index is -1.11. The molecule has 1 rings (SSSR count). The molecule has 1 aromatic carbocycles. The summed E-state index contributed by atoms with van der Waals surface area (Å²) in [5, 5.41) is 12.2. The second-order valence-corrected chi connectivity index (χ2v) is 7.12. The molecular weight excluding hydrogens is 296 g/mol. The summed E-state index contributed by atoms with van der Waals surface area (Å²) in [7, 11) is 0. The van der Waals surface area contributed by atoms with Crippen LogP contribution in [0.25, 0.3) is 0 Å².